The van der Waals surface area contributed by atoms with Gasteiger partial charge in [-0.15, -0.1) is 0 Å². The molecule has 136 valence electrons. The smallest absolute Gasteiger partial charge is 0.410 e. The largest absolute Gasteiger partial charge is 0.444 e. The van der Waals surface area contributed by atoms with Gasteiger partial charge in [-0.3, -0.25) is 0 Å². The van der Waals surface area contributed by atoms with Crippen molar-refractivity contribution in [2.24, 2.45) is 7.05 Å². The van der Waals surface area contributed by atoms with Crippen molar-refractivity contribution < 1.29 is 14.6 Å². The normalized spacial score (nSPS) is 24.1. The van der Waals surface area contributed by atoms with Crippen LogP contribution in [-0.4, -0.2) is 48.8 Å². The van der Waals surface area contributed by atoms with Crippen LogP contribution in [-0.2, 0) is 17.4 Å². The first-order valence-electron chi connectivity index (χ1n) is 8.30. The minimum absolute atomic E-state index is 0.152. The number of hydrogen-bond acceptors (Lipinski definition) is 6. The Bertz CT molecular complexity index is 826. The van der Waals surface area contributed by atoms with E-state index in [1.54, 1.807) is 15.5 Å². The molecule has 1 amide bonds. The fraction of sp³-hybridized carbons (Fsp3) is 0.588. The third-order valence-corrected chi connectivity index (χ3v) is 4.56. The first-order chi connectivity index (χ1) is 11.5. The Morgan fingerprint density at radius 3 is 2.72 bits per heavy atom. The third kappa shape index (κ3) is 3.02. The number of carbonyl (C=O) groups excluding carboxylic acids is 1. The number of amides is 1. The molecule has 1 fully saturated rings. The van der Waals surface area contributed by atoms with Gasteiger partial charge in [-0.05, 0) is 33.8 Å². The van der Waals surface area contributed by atoms with Gasteiger partial charge in [-0.2, -0.15) is 0 Å². The number of nitrogens with zero attached hydrogens (tertiary/aromatic N) is 4. The zero-order valence-electron chi connectivity index (χ0n) is 15.3. The summed E-state index contributed by atoms with van der Waals surface area (Å²) in [6.07, 6.45) is 1.38. The van der Waals surface area contributed by atoms with Crippen LogP contribution in [0.25, 0.3) is 11.0 Å². The van der Waals surface area contributed by atoms with Crippen LogP contribution in [0.5, 0.6) is 0 Å². The molecule has 0 spiro atoms. The number of carbonyl (C=O) groups is 1. The number of nitrogen functional groups attached to an aromatic ring is 1. The second-order valence-electron chi connectivity index (χ2n) is 7.78. The van der Waals surface area contributed by atoms with Gasteiger partial charge in [-0.1, -0.05) is 0 Å². The first-order valence-corrected chi connectivity index (χ1v) is 8.30. The average molecular weight is 347 g/mol. The van der Waals surface area contributed by atoms with E-state index in [1.165, 1.54) is 6.33 Å². The third-order valence-electron chi connectivity index (χ3n) is 4.56. The number of anilines is 1. The Labute approximate surface area is 146 Å². The van der Waals surface area contributed by atoms with Crippen molar-refractivity contribution in [2.45, 2.75) is 51.4 Å². The summed E-state index contributed by atoms with van der Waals surface area (Å²) in [5, 5.41) is 12.0. The zero-order chi connectivity index (χ0) is 18.6. The summed E-state index contributed by atoms with van der Waals surface area (Å²) in [5.74, 6) is 0.366. The second kappa shape index (κ2) is 5.59. The lowest BCUT2D eigenvalue weighted by Crippen LogP contribution is -2.40. The van der Waals surface area contributed by atoms with E-state index in [2.05, 4.69) is 9.97 Å². The predicted molar refractivity (Wildman–Crippen MR) is 93.8 cm³/mol. The number of aliphatic hydroxyl groups is 1. The SMILES string of the molecule is C[C@H]1CC(O)(c2cc3c(N)ncnc3n2C)CN1C(=O)OC(C)(C)C. The lowest BCUT2D eigenvalue weighted by molar-refractivity contribution is 0.0101. The molecule has 1 saturated heterocycles. The predicted octanol–water partition coefficient (Wildman–Crippen LogP) is 1.77. The molecule has 2 aromatic heterocycles. The fourth-order valence-corrected chi connectivity index (χ4v) is 3.45. The molecule has 0 radical (unpaired) electrons. The minimum atomic E-state index is -1.20. The summed E-state index contributed by atoms with van der Waals surface area (Å²) in [6.45, 7) is 7.52. The van der Waals surface area contributed by atoms with E-state index in [1.807, 2.05) is 34.7 Å². The molecule has 0 aliphatic carbocycles. The van der Waals surface area contributed by atoms with Crippen LogP contribution in [0.3, 0.4) is 0 Å². The number of hydrogen-bond donors (Lipinski definition) is 2. The van der Waals surface area contributed by atoms with Crippen LogP contribution in [0, 0.1) is 0 Å². The molecular formula is C17H25N5O3. The number of fused-ring (bicyclic) bond motifs is 1. The van der Waals surface area contributed by atoms with Gasteiger partial charge in [-0.25, -0.2) is 14.8 Å². The Morgan fingerprint density at radius 1 is 1.44 bits per heavy atom. The number of rotatable bonds is 1. The number of aromatic nitrogens is 3. The molecule has 2 atom stereocenters. The van der Waals surface area contributed by atoms with Gasteiger partial charge in [0, 0.05) is 19.5 Å². The number of nitrogens with two attached hydrogens (primary N) is 1. The lowest BCUT2D eigenvalue weighted by atomic mass is 9.96. The molecule has 0 saturated carbocycles. The summed E-state index contributed by atoms with van der Waals surface area (Å²) < 4.78 is 7.26. The minimum Gasteiger partial charge on any atom is -0.444 e. The molecule has 1 aliphatic rings. The highest BCUT2D eigenvalue weighted by Gasteiger charge is 2.47. The number of aryl methyl sites for hydroxylation is 1. The van der Waals surface area contributed by atoms with Gasteiger partial charge in [0.25, 0.3) is 0 Å². The maximum Gasteiger partial charge on any atom is 0.410 e. The van der Waals surface area contributed by atoms with Gasteiger partial charge in [0.1, 0.15) is 29.0 Å². The van der Waals surface area contributed by atoms with E-state index in [9.17, 15) is 9.90 Å². The van der Waals surface area contributed by atoms with Crippen LogP contribution in [0.1, 0.15) is 39.8 Å². The molecule has 2 aromatic rings. The first kappa shape index (κ1) is 17.5. The highest BCUT2D eigenvalue weighted by molar-refractivity contribution is 5.87. The molecule has 8 nitrogen and oxygen atoms in total. The van der Waals surface area contributed by atoms with Crippen LogP contribution < -0.4 is 5.73 Å². The Morgan fingerprint density at radius 2 is 2.12 bits per heavy atom. The molecule has 8 heteroatoms. The van der Waals surface area contributed by atoms with Crippen molar-refractivity contribution in [1.29, 1.82) is 0 Å². The monoisotopic (exact) mass is 347 g/mol. The van der Waals surface area contributed by atoms with E-state index in [4.69, 9.17) is 10.5 Å². The van der Waals surface area contributed by atoms with Gasteiger partial charge in [0.15, 0.2) is 0 Å². The van der Waals surface area contributed by atoms with Gasteiger partial charge in [0.2, 0.25) is 0 Å². The standard InChI is InChI=1S/C17H25N5O3/c1-10-7-17(24,8-22(10)15(23)25-16(2,3)4)12-6-11-13(18)19-9-20-14(11)21(12)5/h6,9-10,24H,7-8H2,1-5H3,(H2,18,19,20)/t10-,17?/m0/s1. The Balaban J connectivity index is 1.95. The second-order valence-corrected chi connectivity index (χ2v) is 7.78. The summed E-state index contributed by atoms with van der Waals surface area (Å²) in [6, 6.07) is 1.65. The number of likely N-dealkylation sites (tertiary alicyclic amines) is 1. The van der Waals surface area contributed by atoms with Crippen molar-refractivity contribution in [3.05, 3.63) is 18.1 Å². The van der Waals surface area contributed by atoms with E-state index in [-0.39, 0.29) is 12.6 Å². The highest BCUT2D eigenvalue weighted by atomic mass is 16.6. The molecule has 3 N–H and O–H groups in total. The summed E-state index contributed by atoms with van der Waals surface area (Å²) >= 11 is 0. The lowest BCUT2D eigenvalue weighted by Gasteiger charge is -2.27. The van der Waals surface area contributed by atoms with E-state index >= 15 is 0 Å². The maximum atomic E-state index is 12.4. The maximum absolute atomic E-state index is 12.4. The van der Waals surface area contributed by atoms with E-state index in [0.29, 0.717) is 29.0 Å². The van der Waals surface area contributed by atoms with Crippen LogP contribution >= 0.6 is 0 Å². The molecule has 3 rings (SSSR count). The molecule has 25 heavy (non-hydrogen) atoms. The van der Waals surface area contributed by atoms with Crippen LogP contribution in [0.4, 0.5) is 10.6 Å². The zero-order valence-corrected chi connectivity index (χ0v) is 15.3. The molecular weight excluding hydrogens is 322 g/mol. The average Bonchev–Trinajstić information content (AvgIpc) is 2.97. The molecule has 0 bridgehead atoms. The van der Waals surface area contributed by atoms with E-state index < -0.39 is 17.3 Å². The summed E-state index contributed by atoms with van der Waals surface area (Å²) in [5.41, 5.74) is 5.46. The fourth-order valence-electron chi connectivity index (χ4n) is 3.45. The highest BCUT2D eigenvalue weighted by Crippen LogP contribution is 2.38. The van der Waals surface area contributed by atoms with Crippen molar-refractivity contribution >= 4 is 22.9 Å². The Hall–Kier alpha value is -2.35. The van der Waals surface area contributed by atoms with Crippen molar-refractivity contribution in [3.63, 3.8) is 0 Å². The van der Waals surface area contributed by atoms with Crippen molar-refractivity contribution in [2.75, 3.05) is 12.3 Å². The van der Waals surface area contributed by atoms with Crippen LogP contribution in [0.2, 0.25) is 0 Å². The summed E-state index contributed by atoms with van der Waals surface area (Å²) in [7, 11) is 1.82. The molecule has 0 aromatic carbocycles. The molecule has 1 aliphatic heterocycles. The quantitative estimate of drug-likeness (QED) is 0.814. The van der Waals surface area contributed by atoms with Gasteiger partial charge >= 0.3 is 6.09 Å². The summed E-state index contributed by atoms with van der Waals surface area (Å²) in [4.78, 5) is 22.3. The Kier molecular flexibility index (Phi) is 3.90. The van der Waals surface area contributed by atoms with Crippen molar-refractivity contribution in [1.82, 2.24) is 19.4 Å². The van der Waals surface area contributed by atoms with Gasteiger partial charge < -0.3 is 25.0 Å². The molecule has 1 unspecified atom stereocenters. The van der Waals surface area contributed by atoms with Crippen LogP contribution in [0.15, 0.2) is 12.4 Å². The van der Waals surface area contributed by atoms with Crippen molar-refractivity contribution in [3.8, 4) is 0 Å². The van der Waals surface area contributed by atoms with Gasteiger partial charge in [0.05, 0.1) is 17.6 Å². The molecule has 3 heterocycles. The van der Waals surface area contributed by atoms with E-state index in [0.717, 1.165) is 0 Å². The topological polar surface area (TPSA) is 107 Å². The number of ether oxygens (including phenoxy) is 1. The number of β-amino-alcohol motifs (C(OH)–C–C–N with tert-alkyl or cyclic N) is 1.